The van der Waals surface area contributed by atoms with Gasteiger partial charge in [-0.15, -0.1) is 0 Å². The average molecular weight is 301 g/mol. The molecule has 2 aromatic rings. The van der Waals surface area contributed by atoms with Crippen LogP contribution >= 0.6 is 0 Å². The van der Waals surface area contributed by atoms with Crippen LogP contribution in [0.25, 0.3) is 11.0 Å². The fourth-order valence-electron chi connectivity index (χ4n) is 3.06. The molecule has 0 N–H and O–H groups in total. The van der Waals surface area contributed by atoms with Crippen LogP contribution in [-0.2, 0) is 11.3 Å². The second-order valence-corrected chi connectivity index (χ2v) is 6.44. The molecule has 22 heavy (non-hydrogen) atoms. The van der Waals surface area contributed by atoms with E-state index in [0.717, 1.165) is 31.7 Å². The van der Waals surface area contributed by atoms with Gasteiger partial charge in [0.2, 0.25) is 0 Å². The molecular formula is C18H23NO3. The number of hydrogen-bond donors (Lipinski definition) is 0. The lowest BCUT2D eigenvalue weighted by Crippen LogP contribution is -2.43. The fourth-order valence-corrected chi connectivity index (χ4v) is 3.06. The highest BCUT2D eigenvalue weighted by Gasteiger charge is 2.22. The number of benzene rings is 1. The van der Waals surface area contributed by atoms with Crippen LogP contribution in [0.5, 0.6) is 0 Å². The molecule has 0 radical (unpaired) electrons. The third-order valence-corrected chi connectivity index (χ3v) is 4.10. The number of morpholine rings is 1. The Labute approximate surface area is 130 Å². The van der Waals surface area contributed by atoms with Crippen molar-refractivity contribution < 1.29 is 9.15 Å². The molecule has 1 aliphatic heterocycles. The molecule has 4 nitrogen and oxygen atoms in total. The molecule has 1 aromatic carbocycles. The van der Waals surface area contributed by atoms with Crippen molar-refractivity contribution in [2.75, 3.05) is 19.7 Å². The quantitative estimate of drug-likeness (QED) is 0.870. The van der Waals surface area contributed by atoms with Crippen molar-refractivity contribution in [1.82, 2.24) is 4.90 Å². The Hall–Kier alpha value is -1.65. The standard InChI is InChI=1S/C18H23NO3/c1-13(2)9-15-11-19(7-8-21-15)10-14-12-22-17-6-4-3-5-16(17)18(14)20/h3-6,12-13,15H,7-11H2,1-2H3/t15-/m1/s1. The van der Waals surface area contributed by atoms with E-state index in [2.05, 4.69) is 18.7 Å². The van der Waals surface area contributed by atoms with Gasteiger partial charge in [-0.2, -0.15) is 0 Å². The van der Waals surface area contributed by atoms with Gasteiger partial charge in [0.15, 0.2) is 5.43 Å². The smallest absolute Gasteiger partial charge is 0.197 e. The van der Waals surface area contributed by atoms with Crippen molar-refractivity contribution in [3.63, 3.8) is 0 Å². The van der Waals surface area contributed by atoms with Gasteiger partial charge in [0, 0.05) is 25.2 Å². The van der Waals surface area contributed by atoms with Gasteiger partial charge in [0.05, 0.1) is 24.4 Å². The van der Waals surface area contributed by atoms with Crippen LogP contribution in [0.4, 0.5) is 0 Å². The Morgan fingerprint density at radius 1 is 1.32 bits per heavy atom. The van der Waals surface area contributed by atoms with Crippen molar-refractivity contribution in [2.45, 2.75) is 32.9 Å². The SMILES string of the molecule is CC(C)C[C@@H]1CN(Cc2coc3ccccc3c2=O)CCO1. The zero-order valence-corrected chi connectivity index (χ0v) is 13.2. The van der Waals surface area contributed by atoms with Gasteiger partial charge < -0.3 is 9.15 Å². The zero-order chi connectivity index (χ0) is 15.5. The van der Waals surface area contributed by atoms with E-state index in [1.54, 1.807) is 6.26 Å². The van der Waals surface area contributed by atoms with Gasteiger partial charge in [-0.05, 0) is 24.5 Å². The summed E-state index contributed by atoms with van der Waals surface area (Å²) in [5.41, 5.74) is 1.45. The first-order chi connectivity index (χ1) is 10.6. The molecule has 1 aliphatic rings. The van der Waals surface area contributed by atoms with Crippen LogP contribution in [0, 0.1) is 5.92 Å². The number of para-hydroxylation sites is 1. The second-order valence-electron chi connectivity index (χ2n) is 6.44. The molecule has 1 aromatic heterocycles. The van der Waals surface area contributed by atoms with Gasteiger partial charge >= 0.3 is 0 Å². The minimum atomic E-state index is 0.0775. The summed E-state index contributed by atoms with van der Waals surface area (Å²) in [5, 5.41) is 0.659. The molecule has 3 rings (SSSR count). The summed E-state index contributed by atoms with van der Waals surface area (Å²) in [7, 11) is 0. The highest BCUT2D eigenvalue weighted by atomic mass is 16.5. The third kappa shape index (κ3) is 3.39. The lowest BCUT2D eigenvalue weighted by Gasteiger charge is -2.33. The maximum Gasteiger partial charge on any atom is 0.197 e. The molecule has 118 valence electrons. The van der Waals surface area contributed by atoms with Crippen molar-refractivity contribution in [3.05, 3.63) is 46.3 Å². The number of hydrogen-bond acceptors (Lipinski definition) is 4. The summed E-state index contributed by atoms with van der Waals surface area (Å²) >= 11 is 0. The molecule has 2 heterocycles. The van der Waals surface area contributed by atoms with Gasteiger partial charge in [-0.3, -0.25) is 9.69 Å². The van der Waals surface area contributed by atoms with Gasteiger partial charge in [-0.25, -0.2) is 0 Å². The molecule has 0 amide bonds. The van der Waals surface area contributed by atoms with Gasteiger partial charge in [0.25, 0.3) is 0 Å². The summed E-state index contributed by atoms with van der Waals surface area (Å²) < 4.78 is 11.4. The Kier molecular flexibility index (Phi) is 4.60. The maximum absolute atomic E-state index is 12.5. The van der Waals surface area contributed by atoms with Crippen molar-refractivity contribution >= 4 is 11.0 Å². The van der Waals surface area contributed by atoms with Gasteiger partial charge in [-0.1, -0.05) is 26.0 Å². The molecule has 1 fully saturated rings. The molecule has 0 saturated carbocycles. The molecule has 1 atom stereocenters. The zero-order valence-electron chi connectivity index (χ0n) is 13.2. The molecule has 0 spiro atoms. The van der Waals surface area contributed by atoms with Crippen LogP contribution in [0.3, 0.4) is 0 Å². The topological polar surface area (TPSA) is 42.7 Å². The molecule has 1 saturated heterocycles. The summed E-state index contributed by atoms with van der Waals surface area (Å²) in [6, 6.07) is 7.40. The van der Waals surface area contributed by atoms with Crippen molar-refractivity contribution in [1.29, 1.82) is 0 Å². The fraction of sp³-hybridized carbons (Fsp3) is 0.500. The number of fused-ring (bicyclic) bond motifs is 1. The lowest BCUT2D eigenvalue weighted by molar-refractivity contribution is -0.0401. The summed E-state index contributed by atoms with van der Waals surface area (Å²) in [6.45, 7) is 7.52. The second kappa shape index (κ2) is 6.63. The predicted molar refractivity (Wildman–Crippen MR) is 87.0 cm³/mol. The maximum atomic E-state index is 12.5. The van der Waals surface area contributed by atoms with Crippen LogP contribution < -0.4 is 5.43 Å². The normalized spacial score (nSPS) is 19.9. The van der Waals surface area contributed by atoms with E-state index in [1.807, 2.05) is 24.3 Å². The Balaban J connectivity index is 1.75. The first-order valence-electron chi connectivity index (χ1n) is 7.97. The largest absolute Gasteiger partial charge is 0.464 e. The average Bonchev–Trinajstić information content (AvgIpc) is 2.50. The molecule has 0 unspecified atom stereocenters. The van der Waals surface area contributed by atoms with Crippen LogP contribution in [0.2, 0.25) is 0 Å². The van der Waals surface area contributed by atoms with E-state index in [1.165, 1.54) is 0 Å². The first-order valence-corrected chi connectivity index (χ1v) is 7.97. The number of ether oxygens (including phenoxy) is 1. The van der Waals surface area contributed by atoms with E-state index in [-0.39, 0.29) is 11.5 Å². The van der Waals surface area contributed by atoms with Crippen LogP contribution in [-0.4, -0.2) is 30.7 Å². The molecule has 0 aliphatic carbocycles. The van der Waals surface area contributed by atoms with E-state index >= 15 is 0 Å². The Morgan fingerprint density at radius 2 is 2.14 bits per heavy atom. The molecule has 4 heteroatoms. The van der Waals surface area contributed by atoms with Crippen LogP contribution in [0.1, 0.15) is 25.8 Å². The third-order valence-electron chi connectivity index (χ3n) is 4.10. The highest BCUT2D eigenvalue weighted by molar-refractivity contribution is 5.76. The van der Waals surface area contributed by atoms with Crippen LogP contribution in [0.15, 0.2) is 39.7 Å². The lowest BCUT2D eigenvalue weighted by atomic mass is 10.0. The summed E-state index contributed by atoms with van der Waals surface area (Å²) in [5.74, 6) is 0.621. The Morgan fingerprint density at radius 3 is 2.95 bits per heavy atom. The summed E-state index contributed by atoms with van der Waals surface area (Å²) in [6.07, 6.45) is 2.93. The Bertz CT molecular complexity index is 692. The van der Waals surface area contributed by atoms with Gasteiger partial charge in [0.1, 0.15) is 5.58 Å². The van der Waals surface area contributed by atoms with E-state index < -0.39 is 0 Å². The number of rotatable bonds is 4. The molecular weight excluding hydrogens is 278 g/mol. The van der Waals surface area contributed by atoms with Crippen molar-refractivity contribution in [2.24, 2.45) is 5.92 Å². The minimum absolute atomic E-state index is 0.0775. The monoisotopic (exact) mass is 301 g/mol. The summed E-state index contributed by atoms with van der Waals surface area (Å²) in [4.78, 5) is 14.8. The predicted octanol–water partition coefficient (Wildman–Crippen LogP) is 3.04. The molecule has 0 bridgehead atoms. The van der Waals surface area contributed by atoms with Crippen molar-refractivity contribution in [3.8, 4) is 0 Å². The number of nitrogens with zero attached hydrogens (tertiary/aromatic N) is 1. The highest BCUT2D eigenvalue weighted by Crippen LogP contribution is 2.16. The van der Waals surface area contributed by atoms with E-state index in [0.29, 0.717) is 23.4 Å². The minimum Gasteiger partial charge on any atom is -0.464 e. The first kappa shape index (κ1) is 15.3. The van der Waals surface area contributed by atoms with E-state index in [9.17, 15) is 4.79 Å². The van der Waals surface area contributed by atoms with E-state index in [4.69, 9.17) is 9.15 Å².